The fourth-order valence-electron chi connectivity index (χ4n) is 1.51. The van der Waals surface area contributed by atoms with E-state index in [0.29, 0.717) is 28.2 Å². The molecular weight excluding hydrogens is 259 g/mol. The molecule has 0 saturated heterocycles. The Kier molecular flexibility index (Phi) is 4.26. The minimum absolute atomic E-state index is 0.163. The Morgan fingerprint density at radius 2 is 2.06 bits per heavy atom. The molecule has 0 radical (unpaired) electrons. The summed E-state index contributed by atoms with van der Waals surface area (Å²) in [7, 11) is 0. The first-order valence-electron chi connectivity index (χ1n) is 5.63. The number of hydrogen-bond donors (Lipinski definition) is 2. The Morgan fingerprint density at radius 1 is 1.29 bits per heavy atom. The molecule has 1 aliphatic carbocycles. The van der Waals surface area contributed by atoms with E-state index in [1.807, 2.05) is 0 Å². The Balaban J connectivity index is 1.81. The number of carbonyl (C=O) groups is 1. The van der Waals surface area contributed by atoms with E-state index in [2.05, 4.69) is 10.6 Å². The maximum atomic E-state index is 11.8. The van der Waals surface area contributed by atoms with Crippen LogP contribution in [0.5, 0.6) is 0 Å². The maximum absolute atomic E-state index is 11.8. The van der Waals surface area contributed by atoms with Gasteiger partial charge in [0.05, 0.1) is 10.6 Å². The van der Waals surface area contributed by atoms with Gasteiger partial charge >= 0.3 is 0 Å². The summed E-state index contributed by atoms with van der Waals surface area (Å²) in [4.78, 5) is 11.8. The lowest BCUT2D eigenvalue weighted by Crippen LogP contribution is -2.32. The van der Waals surface area contributed by atoms with Crippen LogP contribution in [0.4, 0.5) is 0 Å². The smallest absolute Gasteiger partial charge is 0.252 e. The summed E-state index contributed by atoms with van der Waals surface area (Å²) in [5, 5.41) is 7.04. The van der Waals surface area contributed by atoms with Crippen LogP contribution in [0.2, 0.25) is 10.0 Å². The van der Waals surface area contributed by atoms with E-state index in [1.54, 1.807) is 18.2 Å². The van der Waals surface area contributed by atoms with Crippen LogP contribution in [0.1, 0.15) is 23.2 Å². The molecule has 17 heavy (non-hydrogen) atoms. The third kappa shape index (κ3) is 3.87. The van der Waals surface area contributed by atoms with Crippen LogP contribution in [0.25, 0.3) is 0 Å². The van der Waals surface area contributed by atoms with Crippen molar-refractivity contribution in [3.63, 3.8) is 0 Å². The number of carbonyl (C=O) groups excluding carboxylic acids is 1. The molecule has 3 nitrogen and oxygen atoms in total. The molecule has 1 aliphatic rings. The van der Waals surface area contributed by atoms with E-state index >= 15 is 0 Å². The molecule has 1 aromatic carbocycles. The predicted molar refractivity (Wildman–Crippen MR) is 69.8 cm³/mol. The lowest BCUT2D eigenvalue weighted by Gasteiger charge is -2.07. The van der Waals surface area contributed by atoms with Gasteiger partial charge in [0.15, 0.2) is 0 Å². The first-order valence-corrected chi connectivity index (χ1v) is 6.39. The van der Waals surface area contributed by atoms with Gasteiger partial charge in [-0.25, -0.2) is 0 Å². The number of rotatable bonds is 5. The minimum atomic E-state index is -0.163. The van der Waals surface area contributed by atoms with Crippen LogP contribution in [0.15, 0.2) is 18.2 Å². The van der Waals surface area contributed by atoms with Crippen molar-refractivity contribution in [1.82, 2.24) is 10.6 Å². The van der Waals surface area contributed by atoms with Gasteiger partial charge in [-0.3, -0.25) is 4.79 Å². The van der Waals surface area contributed by atoms with Crippen LogP contribution in [-0.2, 0) is 0 Å². The molecule has 5 heteroatoms. The Labute approximate surface area is 110 Å². The summed E-state index contributed by atoms with van der Waals surface area (Å²) in [6.45, 7) is 1.40. The van der Waals surface area contributed by atoms with Gasteiger partial charge < -0.3 is 10.6 Å². The summed E-state index contributed by atoms with van der Waals surface area (Å²) < 4.78 is 0. The lowest BCUT2D eigenvalue weighted by atomic mass is 10.2. The number of amides is 1. The third-order valence-corrected chi connectivity index (χ3v) is 3.14. The van der Waals surface area contributed by atoms with Crippen LogP contribution in [0, 0.1) is 0 Å². The van der Waals surface area contributed by atoms with Gasteiger partial charge in [-0.05, 0) is 31.0 Å². The van der Waals surface area contributed by atoms with E-state index in [4.69, 9.17) is 23.2 Å². The van der Waals surface area contributed by atoms with Gasteiger partial charge in [-0.1, -0.05) is 23.2 Å². The normalized spacial score (nSPS) is 14.7. The second-order valence-electron chi connectivity index (χ2n) is 4.11. The average Bonchev–Trinajstić information content (AvgIpc) is 3.08. The number of halogens is 2. The second-order valence-corrected chi connectivity index (χ2v) is 4.95. The summed E-state index contributed by atoms with van der Waals surface area (Å²) in [6.07, 6.45) is 2.49. The highest BCUT2D eigenvalue weighted by Gasteiger charge is 2.19. The molecule has 1 saturated carbocycles. The molecule has 0 aliphatic heterocycles. The maximum Gasteiger partial charge on any atom is 0.252 e. The first-order chi connectivity index (χ1) is 8.16. The van der Waals surface area contributed by atoms with Crippen molar-refractivity contribution < 1.29 is 4.79 Å². The van der Waals surface area contributed by atoms with E-state index in [1.165, 1.54) is 12.8 Å². The van der Waals surface area contributed by atoms with Gasteiger partial charge in [0.1, 0.15) is 0 Å². The van der Waals surface area contributed by atoms with Crippen molar-refractivity contribution in [2.24, 2.45) is 0 Å². The Hall–Kier alpha value is -0.770. The Bertz CT molecular complexity index is 419. The van der Waals surface area contributed by atoms with Crippen molar-refractivity contribution in [3.05, 3.63) is 33.8 Å². The molecule has 1 amide bonds. The monoisotopic (exact) mass is 272 g/mol. The molecule has 0 heterocycles. The van der Waals surface area contributed by atoms with E-state index in [9.17, 15) is 4.79 Å². The van der Waals surface area contributed by atoms with Gasteiger partial charge in [-0.15, -0.1) is 0 Å². The number of hydrogen-bond acceptors (Lipinski definition) is 2. The standard InChI is InChI=1S/C12H14Cl2N2O/c13-8-1-4-10(11(14)7-8)12(17)16-6-5-15-9-2-3-9/h1,4,7,9,15H,2-3,5-6H2,(H,16,17). The van der Waals surface area contributed by atoms with Crippen LogP contribution >= 0.6 is 23.2 Å². The van der Waals surface area contributed by atoms with E-state index in [-0.39, 0.29) is 5.91 Å². The summed E-state index contributed by atoms with van der Waals surface area (Å²) in [5.74, 6) is -0.163. The molecule has 0 spiro atoms. The first kappa shape index (κ1) is 12.7. The predicted octanol–water partition coefficient (Wildman–Crippen LogP) is 2.48. The molecular formula is C12H14Cl2N2O. The van der Waals surface area contributed by atoms with Crippen molar-refractivity contribution in [3.8, 4) is 0 Å². The summed E-state index contributed by atoms with van der Waals surface area (Å²) in [6, 6.07) is 5.52. The molecule has 0 atom stereocenters. The minimum Gasteiger partial charge on any atom is -0.351 e. The molecule has 1 fully saturated rings. The fourth-order valence-corrected chi connectivity index (χ4v) is 2.00. The zero-order valence-electron chi connectivity index (χ0n) is 9.30. The highest BCUT2D eigenvalue weighted by molar-refractivity contribution is 6.36. The summed E-state index contributed by atoms with van der Waals surface area (Å²) >= 11 is 11.7. The van der Waals surface area contributed by atoms with E-state index < -0.39 is 0 Å². The van der Waals surface area contributed by atoms with Crippen molar-refractivity contribution >= 4 is 29.1 Å². The van der Waals surface area contributed by atoms with Gasteiger partial charge in [0, 0.05) is 24.2 Å². The SMILES string of the molecule is O=C(NCCNC1CC1)c1ccc(Cl)cc1Cl. The number of nitrogens with one attached hydrogen (secondary N) is 2. The van der Waals surface area contributed by atoms with Gasteiger partial charge in [0.2, 0.25) is 0 Å². The molecule has 2 rings (SSSR count). The topological polar surface area (TPSA) is 41.1 Å². The van der Waals surface area contributed by atoms with Gasteiger partial charge in [0.25, 0.3) is 5.91 Å². The second kappa shape index (κ2) is 5.71. The number of benzene rings is 1. The van der Waals surface area contributed by atoms with Crippen molar-refractivity contribution in [2.45, 2.75) is 18.9 Å². The molecule has 0 bridgehead atoms. The van der Waals surface area contributed by atoms with Crippen molar-refractivity contribution in [1.29, 1.82) is 0 Å². The zero-order valence-corrected chi connectivity index (χ0v) is 10.8. The average molecular weight is 273 g/mol. The molecule has 0 unspecified atom stereocenters. The molecule has 0 aromatic heterocycles. The van der Waals surface area contributed by atoms with Crippen molar-refractivity contribution in [2.75, 3.05) is 13.1 Å². The molecule has 2 N–H and O–H groups in total. The fraction of sp³-hybridized carbons (Fsp3) is 0.417. The highest BCUT2D eigenvalue weighted by atomic mass is 35.5. The largest absolute Gasteiger partial charge is 0.351 e. The van der Waals surface area contributed by atoms with Gasteiger partial charge in [-0.2, -0.15) is 0 Å². The van der Waals surface area contributed by atoms with Crippen LogP contribution in [0.3, 0.4) is 0 Å². The van der Waals surface area contributed by atoms with Crippen LogP contribution in [-0.4, -0.2) is 25.0 Å². The third-order valence-electron chi connectivity index (χ3n) is 2.60. The highest BCUT2D eigenvalue weighted by Crippen LogP contribution is 2.20. The Morgan fingerprint density at radius 3 is 2.71 bits per heavy atom. The molecule has 1 aromatic rings. The van der Waals surface area contributed by atoms with E-state index in [0.717, 1.165) is 6.54 Å². The lowest BCUT2D eigenvalue weighted by molar-refractivity contribution is 0.0954. The quantitative estimate of drug-likeness (QED) is 0.809. The summed E-state index contributed by atoms with van der Waals surface area (Å²) in [5.41, 5.74) is 0.461. The molecule has 92 valence electrons. The van der Waals surface area contributed by atoms with Crippen LogP contribution < -0.4 is 10.6 Å². The zero-order chi connectivity index (χ0) is 12.3.